The van der Waals surface area contributed by atoms with E-state index in [1.165, 1.54) is 18.4 Å². The van der Waals surface area contributed by atoms with E-state index in [-0.39, 0.29) is 23.7 Å². The van der Waals surface area contributed by atoms with Crippen molar-refractivity contribution in [3.05, 3.63) is 35.9 Å². The highest BCUT2D eigenvalue weighted by Gasteiger charge is 2.42. The molecule has 2 rings (SSSR count). The summed E-state index contributed by atoms with van der Waals surface area (Å²) in [6.07, 6.45) is 3.04. The topological polar surface area (TPSA) is 49.3 Å². The van der Waals surface area contributed by atoms with E-state index in [2.05, 4.69) is 29.6 Å². The molecule has 3 nitrogen and oxygen atoms in total. The van der Waals surface area contributed by atoms with Gasteiger partial charge in [0.1, 0.15) is 0 Å². The highest BCUT2D eigenvalue weighted by molar-refractivity contribution is 5.76. The maximum absolute atomic E-state index is 11.8. The molecule has 0 saturated heterocycles. The normalized spacial score (nSPS) is 17.8. The van der Waals surface area contributed by atoms with Gasteiger partial charge in [0.2, 0.25) is 5.91 Å². The fraction of sp³-hybridized carbons (Fsp3) is 0.588. The summed E-state index contributed by atoms with van der Waals surface area (Å²) in [7, 11) is 0. The Morgan fingerprint density at radius 2 is 1.95 bits per heavy atom. The Hall–Kier alpha value is -1.35. The molecule has 1 aromatic rings. The van der Waals surface area contributed by atoms with Crippen molar-refractivity contribution in [3.8, 4) is 0 Å². The van der Waals surface area contributed by atoms with Crippen LogP contribution in [0.25, 0.3) is 0 Å². The second kappa shape index (κ2) is 6.40. The average Bonchev–Trinajstić information content (AvgIpc) is 3.18. The smallest absolute Gasteiger partial charge is 0.222 e. The quantitative estimate of drug-likeness (QED) is 0.803. The molecule has 0 aromatic heterocycles. The highest BCUT2D eigenvalue weighted by Crippen LogP contribution is 2.47. The molecule has 1 fully saturated rings. The Labute approximate surface area is 121 Å². The first kappa shape index (κ1) is 15.0. The third-order valence-corrected chi connectivity index (χ3v) is 4.20. The number of amides is 1. The van der Waals surface area contributed by atoms with Gasteiger partial charge in [-0.15, -0.1) is 0 Å². The predicted octanol–water partition coefficient (Wildman–Crippen LogP) is 2.53. The summed E-state index contributed by atoms with van der Waals surface area (Å²) in [5.41, 5.74) is 1.58. The number of rotatable bonds is 7. The molecule has 0 spiro atoms. The molecular weight excluding hydrogens is 250 g/mol. The molecule has 0 heterocycles. The van der Waals surface area contributed by atoms with Crippen molar-refractivity contribution in [2.75, 3.05) is 6.54 Å². The molecule has 1 aliphatic rings. The lowest BCUT2D eigenvalue weighted by Gasteiger charge is -2.18. The van der Waals surface area contributed by atoms with Gasteiger partial charge in [-0.3, -0.25) is 4.79 Å². The summed E-state index contributed by atoms with van der Waals surface area (Å²) in [5, 5.41) is 12.7. The summed E-state index contributed by atoms with van der Waals surface area (Å²) >= 11 is 0. The van der Waals surface area contributed by atoms with Crippen LogP contribution in [0.15, 0.2) is 30.3 Å². The van der Waals surface area contributed by atoms with E-state index in [4.69, 9.17) is 0 Å². The lowest BCUT2D eigenvalue weighted by Crippen LogP contribution is -2.34. The Morgan fingerprint density at radius 1 is 1.30 bits per heavy atom. The first-order valence-electron chi connectivity index (χ1n) is 7.49. The summed E-state index contributed by atoms with van der Waals surface area (Å²) in [4.78, 5) is 11.8. The van der Waals surface area contributed by atoms with E-state index in [0.29, 0.717) is 0 Å². The molecule has 20 heavy (non-hydrogen) atoms. The number of benzene rings is 1. The van der Waals surface area contributed by atoms with Crippen LogP contribution in [0.2, 0.25) is 0 Å². The van der Waals surface area contributed by atoms with Gasteiger partial charge in [0.25, 0.3) is 0 Å². The first-order valence-corrected chi connectivity index (χ1v) is 7.49. The molecule has 1 atom stereocenters. The highest BCUT2D eigenvalue weighted by atomic mass is 16.3. The fourth-order valence-electron chi connectivity index (χ4n) is 2.41. The molecule has 0 radical (unpaired) electrons. The molecule has 1 aliphatic carbocycles. The van der Waals surface area contributed by atoms with Crippen LogP contribution >= 0.6 is 0 Å². The molecular formula is C17H25NO2. The zero-order valence-electron chi connectivity index (χ0n) is 12.4. The van der Waals surface area contributed by atoms with Gasteiger partial charge in [0.15, 0.2) is 0 Å². The van der Waals surface area contributed by atoms with E-state index >= 15 is 0 Å². The number of aliphatic hydroxyl groups is 1. The molecule has 110 valence electrons. The van der Waals surface area contributed by atoms with Crippen LogP contribution in [0.3, 0.4) is 0 Å². The third-order valence-electron chi connectivity index (χ3n) is 4.20. The van der Waals surface area contributed by atoms with Gasteiger partial charge >= 0.3 is 0 Å². The lowest BCUT2D eigenvalue weighted by atomic mass is 9.96. The van der Waals surface area contributed by atoms with Crippen LogP contribution in [-0.4, -0.2) is 23.7 Å². The van der Waals surface area contributed by atoms with Gasteiger partial charge < -0.3 is 10.4 Å². The summed E-state index contributed by atoms with van der Waals surface area (Å²) in [5.74, 6) is 0.0884. The largest absolute Gasteiger partial charge is 0.392 e. The Kier molecular flexibility index (Phi) is 4.81. The standard InChI is InChI=1S/C17H25NO2/c1-13(2)15(19)10-16(20)18-12-17(8-9-17)11-14-6-4-3-5-7-14/h3-7,13,15,19H,8-12H2,1-2H3,(H,18,20). The fourth-order valence-corrected chi connectivity index (χ4v) is 2.41. The van der Waals surface area contributed by atoms with E-state index in [1.807, 2.05) is 19.9 Å². The van der Waals surface area contributed by atoms with E-state index in [1.54, 1.807) is 0 Å². The van der Waals surface area contributed by atoms with Gasteiger partial charge in [-0.1, -0.05) is 44.2 Å². The van der Waals surface area contributed by atoms with Gasteiger partial charge in [-0.2, -0.15) is 0 Å². The minimum absolute atomic E-state index is 0.0365. The van der Waals surface area contributed by atoms with Crippen molar-refractivity contribution in [3.63, 3.8) is 0 Å². The Balaban J connectivity index is 1.77. The van der Waals surface area contributed by atoms with Crippen LogP contribution in [0.4, 0.5) is 0 Å². The van der Waals surface area contributed by atoms with Crippen molar-refractivity contribution in [2.45, 2.75) is 45.6 Å². The van der Waals surface area contributed by atoms with Crippen LogP contribution in [0.5, 0.6) is 0 Å². The minimum Gasteiger partial charge on any atom is -0.392 e. The number of carbonyl (C=O) groups is 1. The molecule has 0 aliphatic heterocycles. The molecule has 0 bridgehead atoms. The second-order valence-corrected chi connectivity index (χ2v) is 6.45. The number of hydrogen-bond donors (Lipinski definition) is 2. The van der Waals surface area contributed by atoms with Gasteiger partial charge in [0, 0.05) is 6.54 Å². The molecule has 1 aromatic carbocycles. The monoisotopic (exact) mass is 275 g/mol. The van der Waals surface area contributed by atoms with Crippen molar-refractivity contribution >= 4 is 5.91 Å². The van der Waals surface area contributed by atoms with Crippen molar-refractivity contribution in [2.24, 2.45) is 11.3 Å². The van der Waals surface area contributed by atoms with Crippen molar-refractivity contribution in [1.29, 1.82) is 0 Å². The number of hydrogen-bond acceptors (Lipinski definition) is 2. The average molecular weight is 275 g/mol. The van der Waals surface area contributed by atoms with E-state index in [9.17, 15) is 9.90 Å². The van der Waals surface area contributed by atoms with E-state index in [0.717, 1.165) is 13.0 Å². The zero-order chi connectivity index (χ0) is 14.6. The number of nitrogens with one attached hydrogen (secondary N) is 1. The zero-order valence-corrected chi connectivity index (χ0v) is 12.4. The molecule has 2 N–H and O–H groups in total. The van der Waals surface area contributed by atoms with Crippen molar-refractivity contribution in [1.82, 2.24) is 5.32 Å². The molecule has 3 heteroatoms. The summed E-state index contributed by atoms with van der Waals surface area (Å²) in [6.45, 7) is 4.58. The van der Waals surface area contributed by atoms with Crippen LogP contribution in [-0.2, 0) is 11.2 Å². The summed E-state index contributed by atoms with van der Waals surface area (Å²) < 4.78 is 0. The second-order valence-electron chi connectivity index (χ2n) is 6.45. The van der Waals surface area contributed by atoms with Crippen LogP contribution in [0.1, 0.15) is 38.7 Å². The maximum atomic E-state index is 11.8. The SMILES string of the molecule is CC(C)C(O)CC(=O)NCC1(Cc2ccccc2)CC1. The Morgan fingerprint density at radius 3 is 2.50 bits per heavy atom. The number of carbonyl (C=O) groups excluding carboxylic acids is 1. The molecule has 1 amide bonds. The van der Waals surface area contributed by atoms with Gasteiger partial charge in [-0.05, 0) is 36.2 Å². The Bertz CT molecular complexity index is 438. The minimum atomic E-state index is -0.542. The van der Waals surface area contributed by atoms with E-state index < -0.39 is 6.10 Å². The van der Waals surface area contributed by atoms with Gasteiger partial charge in [-0.25, -0.2) is 0 Å². The lowest BCUT2D eigenvalue weighted by molar-refractivity contribution is -0.123. The third kappa shape index (κ3) is 4.34. The summed E-state index contributed by atoms with van der Waals surface area (Å²) in [6, 6.07) is 10.4. The number of aliphatic hydroxyl groups excluding tert-OH is 1. The maximum Gasteiger partial charge on any atom is 0.222 e. The van der Waals surface area contributed by atoms with Crippen molar-refractivity contribution < 1.29 is 9.90 Å². The molecule has 1 unspecified atom stereocenters. The molecule has 1 saturated carbocycles. The first-order chi connectivity index (χ1) is 9.51. The predicted molar refractivity (Wildman–Crippen MR) is 80.3 cm³/mol. The van der Waals surface area contributed by atoms with Gasteiger partial charge in [0.05, 0.1) is 12.5 Å². The van der Waals surface area contributed by atoms with Crippen LogP contribution in [0, 0.1) is 11.3 Å². The van der Waals surface area contributed by atoms with Crippen LogP contribution < -0.4 is 5.32 Å².